The number of aromatic nitrogens is 2. The van der Waals surface area contributed by atoms with Gasteiger partial charge in [-0.15, -0.1) is 0 Å². The van der Waals surface area contributed by atoms with Crippen molar-refractivity contribution in [3.63, 3.8) is 0 Å². The highest BCUT2D eigenvalue weighted by Gasteiger charge is 2.17. The van der Waals surface area contributed by atoms with E-state index in [-0.39, 0.29) is 12.3 Å². The third-order valence-corrected chi connectivity index (χ3v) is 3.65. The van der Waals surface area contributed by atoms with Crippen LogP contribution in [0.5, 0.6) is 5.75 Å². The Kier molecular flexibility index (Phi) is 5.57. The molecule has 2 N–H and O–H groups in total. The lowest BCUT2D eigenvalue weighted by Crippen LogP contribution is -2.14. The number of carboxylic acids is 1. The van der Waals surface area contributed by atoms with E-state index in [2.05, 4.69) is 10.4 Å². The Labute approximate surface area is 140 Å². The largest absolute Gasteiger partial charge is 0.494 e. The molecule has 0 fully saturated rings. The van der Waals surface area contributed by atoms with Crippen molar-refractivity contribution in [2.45, 2.75) is 26.7 Å². The number of ether oxygens (including phenoxy) is 1. The molecule has 0 saturated heterocycles. The van der Waals surface area contributed by atoms with Gasteiger partial charge < -0.3 is 15.2 Å². The van der Waals surface area contributed by atoms with E-state index in [0.29, 0.717) is 35.7 Å². The lowest BCUT2D eigenvalue weighted by Gasteiger charge is -2.08. The van der Waals surface area contributed by atoms with Gasteiger partial charge in [-0.1, -0.05) is 0 Å². The molecule has 1 amide bonds. The average molecular weight is 331 g/mol. The fraction of sp³-hybridized carbons (Fsp3) is 0.353. The number of amides is 1. The van der Waals surface area contributed by atoms with Gasteiger partial charge >= 0.3 is 5.97 Å². The van der Waals surface area contributed by atoms with Gasteiger partial charge in [0.15, 0.2) is 0 Å². The first-order valence-corrected chi connectivity index (χ1v) is 7.64. The number of carboxylic acid groups (broad SMARTS) is 1. The van der Waals surface area contributed by atoms with Crippen LogP contribution in [-0.4, -0.2) is 33.4 Å². The Balaban J connectivity index is 1.94. The summed E-state index contributed by atoms with van der Waals surface area (Å²) < 4.78 is 7.13. The normalized spacial score (nSPS) is 10.5. The summed E-state index contributed by atoms with van der Waals surface area (Å²) in [6.07, 6.45) is 0.533. The molecule has 2 rings (SSSR count). The highest BCUT2D eigenvalue weighted by Crippen LogP contribution is 2.18. The summed E-state index contributed by atoms with van der Waals surface area (Å²) in [5, 5.41) is 15.6. The Morgan fingerprint density at radius 2 is 1.92 bits per heavy atom. The third kappa shape index (κ3) is 4.34. The molecular weight excluding hydrogens is 310 g/mol. The number of anilines is 1. The zero-order valence-electron chi connectivity index (χ0n) is 14.0. The van der Waals surface area contributed by atoms with E-state index in [4.69, 9.17) is 9.84 Å². The lowest BCUT2D eigenvalue weighted by atomic mass is 10.2. The van der Waals surface area contributed by atoms with Crippen LogP contribution in [0.15, 0.2) is 24.3 Å². The number of nitrogens with one attached hydrogen (secondary N) is 1. The van der Waals surface area contributed by atoms with Gasteiger partial charge in [-0.3, -0.25) is 14.3 Å². The summed E-state index contributed by atoms with van der Waals surface area (Å²) >= 11 is 0. The molecule has 0 aliphatic rings. The van der Waals surface area contributed by atoms with Gasteiger partial charge in [-0.2, -0.15) is 5.10 Å². The number of nitrogens with zero attached hydrogens (tertiary/aromatic N) is 2. The summed E-state index contributed by atoms with van der Waals surface area (Å²) in [5.41, 5.74) is 2.72. The molecule has 0 saturated carbocycles. The molecule has 0 spiro atoms. The average Bonchev–Trinajstić information content (AvgIpc) is 2.78. The monoisotopic (exact) mass is 331 g/mol. The molecule has 1 aromatic carbocycles. The molecule has 0 atom stereocenters. The van der Waals surface area contributed by atoms with Crippen LogP contribution in [0.3, 0.4) is 0 Å². The second-order valence-electron chi connectivity index (χ2n) is 5.49. The quantitative estimate of drug-likeness (QED) is 0.761. The Morgan fingerprint density at radius 3 is 2.46 bits per heavy atom. The van der Waals surface area contributed by atoms with Crippen LogP contribution in [0.1, 0.15) is 34.6 Å². The number of hydrogen-bond donors (Lipinski definition) is 2. The predicted octanol–water partition coefficient (Wildman–Crippen LogP) is 2.53. The van der Waals surface area contributed by atoms with Crippen LogP contribution in [0.4, 0.5) is 5.69 Å². The van der Waals surface area contributed by atoms with E-state index >= 15 is 0 Å². The van der Waals surface area contributed by atoms with Crippen molar-refractivity contribution in [3.05, 3.63) is 41.2 Å². The van der Waals surface area contributed by atoms with Gasteiger partial charge in [0.2, 0.25) is 0 Å². The van der Waals surface area contributed by atoms with Crippen molar-refractivity contribution >= 4 is 17.6 Å². The number of aliphatic carboxylic acids is 1. The SMILES string of the molecule is Cc1nn(C)c(C)c1C(=O)Nc1ccc(OCCCC(=O)O)cc1. The standard InChI is InChI=1S/C17H21N3O4/c1-11-16(12(2)20(3)19-11)17(23)18-13-6-8-14(9-7-13)24-10-4-5-15(21)22/h6-9H,4-5,10H2,1-3H3,(H,18,23)(H,21,22). The first-order valence-electron chi connectivity index (χ1n) is 7.64. The van der Waals surface area contributed by atoms with Gasteiger partial charge in [0.25, 0.3) is 5.91 Å². The molecule has 0 radical (unpaired) electrons. The Hall–Kier alpha value is -2.83. The molecule has 7 nitrogen and oxygen atoms in total. The van der Waals surface area contributed by atoms with Gasteiger partial charge in [-0.25, -0.2) is 0 Å². The van der Waals surface area contributed by atoms with Crippen LogP contribution >= 0.6 is 0 Å². The molecule has 0 unspecified atom stereocenters. The highest BCUT2D eigenvalue weighted by molar-refractivity contribution is 6.05. The summed E-state index contributed by atoms with van der Waals surface area (Å²) in [7, 11) is 1.80. The minimum atomic E-state index is -0.836. The number of rotatable bonds is 7. The van der Waals surface area contributed by atoms with E-state index in [1.165, 1.54) is 0 Å². The van der Waals surface area contributed by atoms with E-state index in [0.717, 1.165) is 5.69 Å². The molecule has 24 heavy (non-hydrogen) atoms. The maximum absolute atomic E-state index is 12.4. The Bertz CT molecular complexity index is 735. The van der Waals surface area contributed by atoms with Crippen molar-refractivity contribution in [2.75, 3.05) is 11.9 Å². The fourth-order valence-electron chi connectivity index (χ4n) is 2.34. The summed E-state index contributed by atoms with van der Waals surface area (Å²) in [4.78, 5) is 22.8. The van der Waals surface area contributed by atoms with Crippen molar-refractivity contribution in [1.82, 2.24) is 9.78 Å². The van der Waals surface area contributed by atoms with Crippen LogP contribution < -0.4 is 10.1 Å². The zero-order valence-corrected chi connectivity index (χ0v) is 14.0. The molecule has 0 aliphatic heterocycles. The van der Waals surface area contributed by atoms with Gasteiger partial charge in [0, 0.05) is 24.8 Å². The van der Waals surface area contributed by atoms with Crippen molar-refractivity contribution in [1.29, 1.82) is 0 Å². The number of carbonyl (C=O) groups excluding carboxylic acids is 1. The minimum Gasteiger partial charge on any atom is -0.494 e. The highest BCUT2D eigenvalue weighted by atomic mass is 16.5. The maximum atomic E-state index is 12.4. The fourth-order valence-corrected chi connectivity index (χ4v) is 2.34. The summed E-state index contributed by atoms with van der Waals surface area (Å²) in [6, 6.07) is 6.95. The number of carbonyl (C=O) groups is 2. The molecule has 7 heteroatoms. The van der Waals surface area contributed by atoms with Crippen LogP contribution in [0.2, 0.25) is 0 Å². The number of benzene rings is 1. The van der Waals surface area contributed by atoms with Crippen LogP contribution in [-0.2, 0) is 11.8 Å². The van der Waals surface area contributed by atoms with Crippen LogP contribution in [0.25, 0.3) is 0 Å². The number of hydrogen-bond acceptors (Lipinski definition) is 4. The van der Waals surface area contributed by atoms with E-state index in [1.54, 1.807) is 42.9 Å². The zero-order chi connectivity index (χ0) is 17.7. The van der Waals surface area contributed by atoms with Gasteiger partial charge in [0.1, 0.15) is 5.75 Å². The number of aryl methyl sites for hydroxylation is 2. The van der Waals surface area contributed by atoms with E-state index < -0.39 is 5.97 Å². The summed E-state index contributed by atoms with van der Waals surface area (Å²) in [6.45, 7) is 3.99. The lowest BCUT2D eigenvalue weighted by molar-refractivity contribution is -0.137. The summed E-state index contributed by atoms with van der Waals surface area (Å²) in [5.74, 6) is -0.405. The Morgan fingerprint density at radius 1 is 1.25 bits per heavy atom. The minimum absolute atomic E-state index is 0.0813. The van der Waals surface area contributed by atoms with Gasteiger partial charge in [-0.05, 0) is 44.5 Å². The second kappa shape index (κ2) is 7.63. The first kappa shape index (κ1) is 17.5. The molecule has 0 bridgehead atoms. The molecular formula is C17H21N3O4. The first-order chi connectivity index (χ1) is 11.4. The maximum Gasteiger partial charge on any atom is 0.303 e. The topological polar surface area (TPSA) is 93.5 Å². The molecule has 1 heterocycles. The molecule has 0 aliphatic carbocycles. The second-order valence-corrected chi connectivity index (χ2v) is 5.49. The smallest absolute Gasteiger partial charge is 0.303 e. The molecule has 2 aromatic rings. The molecule has 1 aromatic heterocycles. The van der Waals surface area contributed by atoms with Crippen molar-refractivity contribution in [2.24, 2.45) is 7.05 Å². The predicted molar refractivity (Wildman–Crippen MR) is 89.4 cm³/mol. The van der Waals surface area contributed by atoms with Gasteiger partial charge in [0.05, 0.1) is 17.9 Å². The van der Waals surface area contributed by atoms with E-state index in [1.807, 2.05) is 6.92 Å². The van der Waals surface area contributed by atoms with Crippen molar-refractivity contribution < 1.29 is 19.4 Å². The van der Waals surface area contributed by atoms with Crippen LogP contribution in [0, 0.1) is 13.8 Å². The van der Waals surface area contributed by atoms with Crippen molar-refractivity contribution in [3.8, 4) is 5.75 Å². The van der Waals surface area contributed by atoms with E-state index in [9.17, 15) is 9.59 Å². The third-order valence-electron chi connectivity index (χ3n) is 3.65. The molecule has 128 valence electrons.